The minimum Gasteiger partial charge on any atom is -0.469 e. The number of aromatic nitrogens is 1. The molecule has 1 fully saturated rings. The summed E-state index contributed by atoms with van der Waals surface area (Å²) >= 11 is 0.997. The van der Waals surface area contributed by atoms with Crippen molar-refractivity contribution in [2.24, 2.45) is 10.9 Å². The number of likely N-dealkylation sites (tertiary alicyclic amines) is 1. The maximum Gasteiger partial charge on any atom is 0.434 e. The molecule has 1 aliphatic heterocycles. The van der Waals surface area contributed by atoms with Gasteiger partial charge in [-0.05, 0) is 19.8 Å². The fourth-order valence-electron chi connectivity index (χ4n) is 2.73. The first-order valence-corrected chi connectivity index (χ1v) is 9.35. The average molecular weight is 392 g/mol. The number of halogens is 3. The largest absolute Gasteiger partial charge is 0.469 e. The van der Waals surface area contributed by atoms with E-state index < -0.39 is 11.9 Å². The van der Waals surface area contributed by atoms with E-state index in [1.807, 2.05) is 6.92 Å². The summed E-state index contributed by atoms with van der Waals surface area (Å²) < 4.78 is 42.5. The van der Waals surface area contributed by atoms with Crippen molar-refractivity contribution in [3.63, 3.8) is 0 Å². The number of methoxy groups -OCH3 is 1. The summed E-state index contributed by atoms with van der Waals surface area (Å²) in [6, 6.07) is 0. The van der Waals surface area contributed by atoms with Crippen LogP contribution < -0.4 is 5.32 Å². The Morgan fingerprint density at radius 2 is 2.15 bits per heavy atom. The number of esters is 1. The zero-order valence-corrected chi connectivity index (χ0v) is 15.6. The Hall–Kier alpha value is -1.84. The highest BCUT2D eigenvalue weighted by Crippen LogP contribution is 2.30. The first-order chi connectivity index (χ1) is 12.3. The molecule has 0 saturated carbocycles. The van der Waals surface area contributed by atoms with Gasteiger partial charge in [0.05, 0.1) is 18.0 Å². The summed E-state index contributed by atoms with van der Waals surface area (Å²) in [5, 5.41) is 4.64. The number of alkyl halides is 3. The van der Waals surface area contributed by atoms with Crippen molar-refractivity contribution in [2.45, 2.75) is 32.4 Å². The lowest BCUT2D eigenvalue weighted by Gasteiger charge is -2.33. The molecule has 0 aliphatic carbocycles. The molecule has 0 bridgehead atoms. The van der Waals surface area contributed by atoms with E-state index in [0.29, 0.717) is 56.4 Å². The van der Waals surface area contributed by atoms with Crippen LogP contribution in [0, 0.1) is 5.92 Å². The first-order valence-electron chi connectivity index (χ1n) is 8.47. The molecule has 1 saturated heterocycles. The summed E-state index contributed by atoms with van der Waals surface area (Å²) in [7, 11) is 1.39. The predicted octanol–water partition coefficient (Wildman–Crippen LogP) is 2.55. The normalized spacial score (nSPS) is 16.7. The second kappa shape index (κ2) is 9.20. The number of piperidine rings is 1. The molecule has 0 radical (unpaired) electrons. The number of guanidine groups is 1. The van der Waals surface area contributed by atoms with Gasteiger partial charge in [-0.15, -0.1) is 11.3 Å². The number of hydrogen-bond acceptors (Lipinski definition) is 5. The molecule has 1 N–H and O–H groups in total. The summed E-state index contributed by atoms with van der Waals surface area (Å²) in [5.41, 5.74) is -0.849. The van der Waals surface area contributed by atoms with Crippen molar-refractivity contribution in [3.8, 4) is 0 Å². The number of carbonyl (C=O) groups is 1. The van der Waals surface area contributed by atoms with Crippen molar-refractivity contribution in [1.82, 2.24) is 15.2 Å². The summed E-state index contributed by atoms with van der Waals surface area (Å²) in [4.78, 5) is 21.8. The van der Waals surface area contributed by atoms with Crippen molar-refractivity contribution in [3.05, 3.63) is 16.1 Å². The monoisotopic (exact) mass is 392 g/mol. The minimum atomic E-state index is -4.41. The molecule has 1 aliphatic rings. The Labute approximate surface area is 154 Å². The van der Waals surface area contributed by atoms with Crippen LogP contribution in [-0.4, -0.2) is 55.1 Å². The van der Waals surface area contributed by atoms with E-state index in [0.717, 1.165) is 16.7 Å². The van der Waals surface area contributed by atoms with E-state index in [1.165, 1.54) is 7.11 Å². The van der Waals surface area contributed by atoms with Gasteiger partial charge in [-0.3, -0.25) is 9.79 Å². The van der Waals surface area contributed by atoms with Crippen LogP contribution in [0.4, 0.5) is 13.2 Å². The lowest BCUT2D eigenvalue weighted by atomic mass is 9.97. The third-order valence-corrected chi connectivity index (χ3v) is 5.00. The number of carbonyl (C=O) groups excluding carboxylic acids is 1. The summed E-state index contributed by atoms with van der Waals surface area (Å²) in [5.74, 6) is 0.439. The summed E-state index contributed by atoms with van der Waals surface area (Å²) in [6.45, 7) is 4.35. The molecule has 26 heavy (non-hydrogen) atoms. The maximum atomic E-state index is 12.6. The SMILES string of the molecule is CCNC(=NCCc1nc(C(F)(F)F)cs1)N1CCC(C(=O)OC)CC1. The third-order valence-electron chi connectivity index (χ3n) is 4.09. The molecular weight excluding hydrogens is 369 g/mol. The Balaban J connectivity index is 1.91. The molecule has 6 nitrogen and oxygen atoms in total. The first kappa shape index (κ1) is 20.5. The van der Waals surface area contributed by atoms with Crippen LogP contribution in [0.3, 0.4) is 0 Å². The Morgan fingerprint density at radius 3 is 2.69 bits per heavy atom. The number of rotatable bonds is 5. The van der Waals surface area contributed by atoms with E-state index in [2.05, 4.69) is 20.2 Å². The highest BCUT2D eigenvalue weighted by Gasteiger charge is 2.33. The Morgan fingerprint density at radius 1 is 1.46 bits per heavy atom. The van der Waals surface area contributed by atoms with Crippen molar-refractivity contribution < 1.29 is 22.7 Å². The van der Waals surface area contributed by atoms with Gasteiger partial charge in [-0.2, -0.15) is 13.2 Å². The fourth-order valence-corrected chi connectivity index (χ4v) is 3.53. The molecule has 0 unspecified atom stereocenters. The van der Waals surface area contributed by atoms with E-state index in [-0.39, 0.29) is 11.9 Å². The molecule has 146 valence electrons. The van der Waals surface area contributed by atoms with Crippen LogP contribution in [-0.2, 0) is 22.1 Å². The predicted molar refractivity (Wildman–Crippen MR) is 93.1 cm³/mol. The molecule has 0 atom stereocenters. The highest BCUT2D eigenvalue weighted by atomic mass is 32.1. The van der Waals surface area contributed by atoms with E-state index in [9.17, 15) is 18.0 Å². The quantitative estimate of drug-likeness (QED) is 0.474. The van der Waals surface area contributed by atoms with Crippen LogP contribution in [0.15, 0.2) is 10.4 Å². The molecule has 2 rings (SSSR count). The fraction of sp³-hybridized carbons (Fsp3) is 0.688. The van der Waals surface area contributed by atoms with Gasteiger partial charge in [0, 0.05) is 38.0 Å². The molecule has 1 aromatic heterocycles. The topological polar surface area (TPSA) is 66.8 Å². The molecule has 0 amide bonds. The van der Waals surface area contributed by atoms with E-state index in [4.69, 9.17) is 4.74 Å². The van der Waals surface area contributed by atoms with Gasteiger partial charge in [-0.1, -0.05) is 0 Å². The molecule has 2 heterocycles. The highest BCUT2D eigenvalue weighted by molar-refractivity contribution is 7.09. The smallest absolute Gasteiger partial charge is 0.434 e. The van der Waals surface area contributed by atoms with Gasteiger partial charge < -0.3 is 15.0 Å². The van der Waals surface area contributed by atoms with Crippen molar-refractivity contribution in [2.75, 3.05) is 33.3 Å². The van der Waals surface area contributed by atoms with Crippen LogP contribution >= 0.6 is 11.3 Å². The second-order valence-corrected chi connectivity index (χ2v) is 6.84. The number of nitrogens with zero attached hydrogens (tertiary/aromatic N) is 3. The van der Waals surface area contributed by atoms with Crippen molar-refractivity contribution >= 4 is 23.3 Å². The molecule has 10 heteroatoms. The van der Waals surface area contributed by atoms with Crippen LogP contribution in [0.2, 0.25) is 0 Å². The van der Waals surface area contributed by atoms with Gasteiger partial charge in [0.1, 0.15) is 0 Å². The van der Waals surface area contributed by atoms with Gasteiger partial charge >= 0.3 is 12.1 Å². The maximum absolute atomic E-state index is 12.6. The Bertz CT molecular complexity index is 625. The van der Waals surface area contributed by atoms with Crippen LogP contribution in [0.25, 0.3) is 0 Å². The van der Waals surface area contributed by atoms with Crippen LogP contribution in [0.1, 0.15) is 30.5 Å². The Kier molecular flexibility index (Phi) is 7.24. The molecular formula is C16H23F3N4O2S. The number of nitrogens with one attached hydrogen (secondary N) is 1. The van der Waals surface area contributed by atoms with Gasteiger partial charge in [0.15, 0.2) is 11.7 Å². The lowest BCUT2D eigenvalue weighted by Crippen LogP contribution is -2.46. The van der Waals surface area contributed by atoms with E-state index >= 15 is 0 Å². The standard InChI is InChI=1S/C16H23F3N4O2S/c1-3-20-15(23-8-5-11(6-9-23)14(24)25-2)21-7-4-13-22-12(10-26-13)16(17,18)19/h10-11H,3-9H2,1-2H3,(H,20,21). The second-order valence-electron chi connectivity index (χ2n) is 5.89. The number of hydrogen-bond donors (Lipinski definition) is 1. The molecule has 0 spiro atoms. The zero-order chi connectivity index (χ0) is 19.2. The third kappa shape index (κ3) is 5.58. The zero-order valence-electron chi connectivity index (χ0n) is 14.8. The van der Waals surface area contributed by atoms with Gasteiger partial charge in [0.25, 0.3) is 0 Å². The average Bonchev–Trinajstić information content (AvgIpc) is 3.10. The molecule has 0 aromatic carbocycles. The van der Waals surface area contributed by atoms with Crippen LogP contribution in [0.5, 0.6) is 0 Å². The number of thiazole rings is 1. The van der Waals surface area contributed by atoms with Gasteiger partial charge in [0.2, 0.25) is 0 Å². The van der Waals surface area contributed by atoms with Crippen molar-refractivity contribution in [1.29, 1.82) is 0 Å². The minimum absolute atomic E-state index is 0.0877. The summed E-state index contributed by atoms with van der Waals surface area (Å²) in [6.07, 6.45) is -2.66. The van der Waals surface area contributed by atoms with Gasteiger partial charge in [-0.25, -0.2) is 4.98 Å². The lowest BCUT2D eigenvalue weighted by molar-refractivity contribution is -0.146. The molecule has 1 aromatic rings. The number of ether oxygens (including phenoxy) is 1. The number of aliphatic imine (C=N–C) groups is 1. The van der Waals surface area contributed by atoms with E-state index in [1.54, 1.807) is 0 Å².